The van der Waals surface area contributed by atoms with E-state index in [9.17, 15) is 83.1 Å². The smallest absolute Gasteiger partial charge is 0.305 e. The van der Waals surface area contributed by atoms with Crippen LogP contribution in [0.3, 0.4) is 0 Å². The fourth-order valence-electron chi connectivity index (χ4n) is 17.2. The quantitative estimate of drug-likeness (QED) is 0.0209. The Morgan fingerprint density at radius 1 is 0.585 bits per heavy atom. The van der Waals surface area contributed by atoms with Gasteiger partial charge >= 0.3 is 11.9 Å². The number of amides is 17. The van der Waals surface area contributed by atoms with E-state index in [0.717, 1.165) is 31.5 Å². The van der Waals surface area contributed by atoms with Crippen LogP contribution in [0.25, 0.3) is 21.8 Å². The van der Waals surface area contributed by atoms with E-state index >= 15 is 38.4 Å². The Morgan fingerprint density at radius 2 is 1.15 bits per heavy atom. The average Bonchev–Trinajstić information content (AvgIpc) is 1.63. The molecule has 766 valence electrons. The number of nitrogens with one attached hydrogen (secondary N) is 13. The van der Waals surface area contributed by atoms with Crippen LogP contribution in [0, 0.1) is 18.3 Å². The highest BCUT2D eigenvalue weighted by atomic mass is 32.2. The number of fused-ring (bicyclic) bond motifs is 4. The molecule has 22 N–H and O–H groups in total. The number of carbonyl (C=O) groups excluding carboxylic acids is 18. The lowest BCUT2D eigenvalue weighted by atomic mass is 9.90. The van der Waals surface area contributed by atoms with Crippen molar-refractivity contribution in [3.05, 3.63) is 120 Å². The molecule has 16 atom stereocenters. The Balaban J connectivity index is 1.11. The molecule has 0 radical (unpaired) electrons. The highest BCUT2D eigenvalue weighted by Gasteiger charge is 2.47. The van der Waals surface area contributed by atoms with Crippen LogP contribution in [-0.2, 0) is 122 Å². The molecule has 17 amide bonds. The van der Waals surface area contributed by atoms with Crippen LogP contribution in [0.4, 0.5) is 0 Å². The van der Waals surface area contributed by atoms with Crippen molar-refractivity contribution in [2.75, 3.05) is 58.9 Å². The number of rotatable bonds is 29. The molecule has 0 saturated carbocycles. The van der Waals surface area contributed by atoms with Gasteiger partial charge in [-0.1, -0.05) is 88.1 Å². The lowest BCUT2D eigenvalue weighted by molar-refractivity contribution is -0.149. The number of unbranched alkanes of at least 4 members (excludes halogenated alkanes) is 2. The second-order valence-corrected chi connectivity index (χ2v) is 36.5. The van der Waals surface area contributed by atoms with Crippen LogP contribution < -0.4 is 64.6 Å². The van der Waals surface area contributed by atoms with E-state index in [1.165, 1.54) is 57.8 Å². The number of hydrogen-bond acceptors (Lipinski definition) is 25. The molecule has 9 rings (SSSR count). The van der Waals surface area contributed by atoms with E-state index in [1.54, 1.807) is 74.8 Å². The van der Waals surface area contributed by atoms with Crippen molar-refractivity contribution < 1.29 is 121 Å². The number of aromatic hydroxyl groups is 1. The second kappa shape index (κ2) is 53.0. The van der Waals surface area contributed by atoms with Gasteiger partial charge in [0.1, 0.15) is 84.3 Å². The highest BCUT2D eigenvalue weighted by molar-refractivity contribution is 8.00. The number of benzene rings is 3. The summed E-state index contributed by atoms with van der Waals surface area (Å²) in [6.45, 7) is 1.92. The zero-order chi connectivity index (χ0) is 104. The number of carboxylic acids is 2. The van der Waals surface area contributed by atoms with Crippen LogP contribution in [0.5, 0.6) is 5.75 Å². The molecule has 0 spiro atoms. The average molecular weight is 1990 g/mol. The third-order valence-corrected chi connectivity index (χ3v) is 26.2. The first-order valence-corrected chi connectivity index (χ1v) is 47.9. The van der Waals surface area contributed by atoms with E-state index in [4.69, 9.17) is 17.9 Å². The molecule has 3 saturated heterocycles. The number of likely N-dealkylation sites (N-methyl/N-ethyl adjacent to an activating group) is 3. The molecule has 6 heterocycles. The minimum absolute atomic E-state index is 0.0833. The summed E-state index contributed by atoms with van der Waals surface area (Å²) < 4.78 is 0. The number of carbonyl (C=O) groups is 20. The summed E-state index contributed by atoms with van der Waals surface area (Å²) in [6.07, 6.45) is 4.12. The molecule has 3 aliphatic rings. The molecule has 0 aliphatic carbocycles. The number of H-pyrrole nitrogens is 3. The fraction of sp³-hybridized carbons (Fsp3) is 0.505. The minimum atomic E-state index is -1.98. The first-order valence-electron chi connectivity index (χ1n) is 46.7. The van der Waals surface area contributed by atoms with Crippen LogP contribution in [0.2, 0.25) is 0 Å². The SMILES string of the molecule is C#CC[C@H](NC(=O)CNC(=O)[C@@H]1CSCC(=O)N[C@@H](Cc2ccc(O)cc2)C(=O)N(C)[C@@H](C)C(=O)N[C@@H](CC(=O)O)C(=O)N2CCC[C@H]2C(=O)N[C@@H](Cc2c[nH]cn2)C(=O)N[C@@H](CCC(N)=O)C(=O)N2C[C@H](O)C[C@H]2C(=O)C[C@@H](Cc2c[nH]c3ccccc23)C(=O)N[C@@H](CO)C(=O)N[C@@H](Cc2c[nH]c3ccccc23)C(=O)N(C)[C@@H](CCCC)C(=O)N(C)[C@@H](CCCC)C(=O)N[C@@H](CCC(=O)O)C(=O)N1)C(N)=O. The summed E-state index contributed by atoms with van der Waals surface area (Å²) in [5, 5.41) is 79.7. The monoisotopic (exact) mass is 1990 g/mol. The molecule has 3 fully saturated rings. The maximum Gasteiger partial charge on any atom is 0.305 e. The Morgan fingerprint density at radius 3 is 1.77 bits per heavy atom. The van der Waals surface area contributed by atoms with Gasteiger partial charge in [-0.05, 0) is 92.8 Å². The van der Waals surface area contributed by atoms with Crippen LogP contribution in [0.15, 0.2) is 97.7 Å². The number of phenols is 1. The van der Waals surface area contributed by atoms with Crippen molar-refractivity contribution in [1.82, 2.24) is 97.6 Å². The maximum atomic E-state index is 15.8. The Bertz CT molecular complexity index is 5610. The number of aliphatic carboxylic acids is 2. The molecule has 142 heavy (non-hydrogen) atoms. The van der Waals surface area contributed by atoms with Gasteiger partial charge in [-0.2, -0.15) is 0 Å². The number of primary amides is 2. The standard InChI is InChI=1S/C95H125N21O25S/c1-8-11-23-72-89(135)105-64(31-33-80(124)125)86(132)111-71(85(131)101-45-78(122)103-63(18-10-3)82(97)128)48-142-49-79(123)104-67(35-52-26-28-57(118)29-27-52)91(137)112(5)51(4)83(129)108-69(41-81(126)127)94(140)115-34-17-25-73(115)90(136)107-66(39-56-44-98-50-102-56)87(133)106-65(30-32-77(96)121)93(139)116-46-58(119)40-75(116)76(120)38-53(36-54-42-99-61-21-15-13-19-59(54)61)84(130)110-70(47-117)88(134)109-68(37-55-43-100-62-22-16-14-20-60(55)62)92(138)114(7)74(24-12-9-2)95(141)113(72)6/h3,13-16,19-22,26-29,42-44,50-51,53,58,63-75,99-100,117-119H,8-9,11-12,17-18,23-25,30-41,45-49H2,1-2,4-7H3,(H2,96,121)(H2,97,128)(H,98,102)(H,101,131)(H,103,122)(H,104,123)(H,105,135)(H,106,133)(H,107,136)(H,108,129)(H,109,134)(H,110,130)(H,111,132)(H,124,125)(H,126,127)/t51-,53+,58+,63-,64-,65-,66-,67-,68-,69-,70-,71-,72-,73-,74-,75-/m0/s1. The van der Waals surface area contributed by atoms with Crippen LogP contribution in [-0.4, -0.2) is 338 Å². The van der Waals surface area contributed by atoms with Crippen molar-refractivity contribution in [3.63, 3.8) is 0 Å². The molecule has 0 bridgehead atoms. The number of carboxylic acid groups (broad SMARTS) is 2. The second-order valence-electron chi connectivity index (χ2n) is 35.5. The Labute approximate surface area is 821 Å². The Hall–Kier alpha value is -14.8. The molecule has 3 aromatic heterocycles. The number of terminal acetylenes is 1. The number of nitrogens with two attached hydrogens (primary N) is 2. The predicted octanol–water partition coefficient (Wildman–Crippen LogP) is -2.91. The third-order valence-electron chi connectivity index (χ3n) is 25.2. The number of aliphatic hydroxyl groups excluding tert-OH is 2. The van der Waals surface area contributed by atoms with E-state index < -0.39 is 297 Å². The maximum absolute atomic E-state index is 15.8. The first kappa shape index (κ1) is 111. The largest absolute Gasteiger partial charge is 0.508 e. The number of hydrogen-bond donors (Lipinski definition) is 20. The molecule has 0 unspecified atom stereocenters. The normalized spacial score (nSPS) is 24.2. The minimum Gasteiger partial charge on any atom is -0.508 e. The van der Waals surface area contributed by atoms with Gasteiger partial charge in [-0.25, -0.2) is 4.98 Å². The number of Topliss-reactive ketones (excluding diaryl/α,β-unsaturated/α-hetero) is 1. The lowest BCUT2D eigenvalue weighted by Crippen LogP contribution is -2.61. The van der Waals surface area contributed by atoms with Crippen molar-refractivity contribution in [1.29, 1.82) is 0 Å². The van der Waals surface area contributed by atoms with E-state index in [2.05, 4.69) is 79.0 Å². The number of imidazole rings is 1. The van der Waals surface area contributed by atoms with Crippen molar-refractivity contribution in [2.45, 2.75) is 240 Å². The van der Waals surface area contributed by atoms with Crippen molar-refractivity contribution in [3.8, 4) is 18.1 Å². The number of ketones is 1. The molecular weight excluding hydrogens is 1870 g/mol. The van der Waals surface area contributed by atoms with Gasteiger partial charge in [0.05, 0.1) is 49.5 Å². The summed E-state index contributed by atoms with van der Waals surface area (Å²) in [7, 11) is 3.68. The van der Waals surface area contributed by atoms with E-state index in [-0.39, 0.29) is 82.2 Å². The van der Waals surface area contributed by atoms with Crippen molar-refractivity contribution >= 4 is 152 Å². The number of phenolic OH excluding ortho intramolecular Hbond substituents is 1. The van der Waals surface area contributed by atoms with Gasteiger partial charge in [-0.3, -0.25) is 95.9 Å². The molecule has 47 heteroatoms. The number of nitrogens with zero attached hydrogens (tertiary/aromatic N) is 6. The number of thioether (sulfide) groups is 1. The fourth-order valence-corrected chi connectivity index (χ4v) is 18.1. The van der Waals surface area contributed by atoms with Crippen LogP contribution in [0.1, 0.15) is 146 Å². The zero-order valence-electron chi connectivity index (χ0n) is 79.6. The van der Waals surface area contributed by atoms with Gasteiger partial charge in [-0.15, -0.1) is 24.1 Å². The number of aliphatic hydroxyl groups is 2. The van der Waals surface area contributed by atoms with E-state index in [1.807, 2.05) is 0 Å². The number of para-hydroxylation sites is 2. The summed E-state index contributed by atoms with van der Waals surface area (Å²) in [4.78, 5) is 308. The molecule has 6 aromatic rings. The summed E-state index contributed by atoms with van der Waals surface area (Å²) in [5.74, 6) is -22.5. The van der Waals surface area contributed by atoms with Gasteiger partial charge < -0.3 is 130 Å². The number of aromatic amines is 3. The zero-order valence-corrected chi connectivity index (χ0v) is 80.4. The molecule has 3 aromatic carbocycles. The van der Waals surface area contributed by atoms with Gasteiger partial charge in [0.25, 0.3) is 0 Å². The molecule has 46 nitrogen and oxygen atoms in total. The molecule has 3 aliphatic heterocycles. The molecular formula is C95H125N21O25S. The van der Waals surface area contributed by atoms with E-state index in [0.29, 0.717) is 63.1 Å². The predicted molar refractivity (Wildman–Crippen MR) is 511 cm³/mol. The summed E-state index contributed by atoms with van der Waals surface area (Å²) >= 11 is 0.640. The van der Waals surface area contributed by atoms with Crippen molar-refractivity contribution in [2.24, 2.45) is 17.4 Å². The summed E-state index contributed by atoms with van der Waals surface area (Å²) in [6, 6.07) is -4.32. The van der Waals surface area contributed by atoms with Gasteiger partial charge in [0.15, 0.2) is 5.78 Å². The van der Waals surface area contributed by atoms with Gasteiger partial charge in [0, 0.05) is 138 Å². The highest BCUT2D eigenvalue weighted by Crippen LogP contribution is 2.30. The summed E-state index contributed by atoms with van der Waals surface area (Å²) in [5.41, 5.74) is 13.7. The third kappa shape index (κ3) is 30.8. The lowest BCUT2D eigenvalue weighted by Gasteiger charge is -2.36. The topological polar surface area (TPSA) is 691 Å². The first-order chi connectivity index (χ1) is 67.6. The number of aromatic nitrogens is 4. The van der Waals surface area contributed by atoms with Crippen LogP contribution >= 0.6 is 11.8 Å². The Kier molecular flexibility index (Phi) is 41.3. The van der Waals surface area contributed by atoms with Gasteiger partial charge in [0.2, 0.25) is 100 Å².